The van der Waals surface area contributed by atoms with Crippen molar-refractivity contribution in [1.29, 1.82) is 0 Å². The van der Waals surface area contributed by atoms with Gasteiger partial charge in [-0.25, -0.2) is 4.98 Å². The van der Waals surface area contributed by atoms with Gasteiger partial charge in [0.15, 0.2) is 0 Å². The van der Waals surface area contributed by atoms with Gasteiger partial charge >= 0.3 is 0 Å². The Balaban J connectivity index is 2.57. The fraction of sp³-hybridized carbons (Fsp3) is 0.786. The Kier molecular flexibility index (Phi) is 5.76. The highest BCUT2D eigenvalue weighted by atomic mass is 32.1. The van der Waals surface area contributed by atoms with Crippen LogP contribution >= 0.6 is 11.3 Å². The first kappa shape index (κ1) is 15.6. The van der Waals surface area contributed by atoms with Gasteiger partial charge in [0, 0.05) is 23.3 Å². The van der Waals surface area contributed by atoms with Crippen molar-refractivity contribution in [3.05, 3.63) is 16.1 Å². The van der Waals surface area contributed by atoms with Crippen LogP contribution in [0.2, 0.25) is 0 Å². The Morgan fingerprint density at radius 3 is 2.50 bits per heavy atom. The third-order valence-corrected chi connectivity index (χ3v) is 3.65. The molecule has 0 amide bonds. The summed E-state index contributed by atoms with van der Waals surface area (Å²) in [5.74, 6) is 0. The second-order valence-corrected chi connectivity index (χ2v) is 6.89. The first-order chi connectivity index (χ1) is 8.32. The molecule has 18 heavy (non-hydrogen) atoms. The minimum atomic E-state index is 0.137. The largest absolute Gasteiger partial charge is 0.377 e. The molecule has 4 heteroatoms. The molecular weight excluding hydrogens is 244 g/mol. The quantitative estimate of drug-likeness (QED) is 0.863. The zero-order valence-electron chi connectivity index (χ0n) is 12.4. The van der Waals surface area contributed by atoms with Crippen molar-refractivity contribution in [2.24, 2.45) is 0 Å². The van der Waals surface area contributed by atoms with Crippen molar-refractivity contribution >= 4 is 11.3 Å². The summed E-state index contributed by atoms with van der Waals surface area (Å²) in [4.78, 5) is 4.72. The number of hydrogen-bond donors (Lipinski definition) is 1. The molecule has 0 saturated heterocycles. The molecule has 0 saturated carbocycles. The summed E-state index contributed by atoms with van der Waals surface area (Å²) in [6.45, 7) is 11.5. The van der Waals surface area contributed by atoms with Crippen LogP contribution < -0.4 is 5.32 Å². The van der Waals surface area contributed by atoms with E-state index in [0.717, 1.165) is 13.0 Å². The highest BCUT2D eigenvalue weighted by molar-refractivity contribution is 7.09. The van der Waals surface area contributed by atoms with Crippen LogP contribution in [0.4, 0.5) is 0 Å². The first-order valence-electron chi connectivity index (χ1n) is 6.56. The van der Waals surface area contributed by atoms with Crippen LogP contribution in [0, 0.1) is 0 Å². The van der Waals surface area contributed by atoms with Crippen LogP contribution in [0.25, 0.3) is 0 Å². The monoisotopic (exact) mass is 270 g/mol. The molecule has 1 atom stereocenters. The molecule has 1 heterocycles. The van der Waals surface area contributed by atoms with Gasteiger partial charge < -0.3 is 10.1 Å². The smallest absolute Gasteiger partial charge is 0.0944 e. The molecule has 104 valence electrons. The Labute approximate surface area is 115 Å². The normalized spacial score (nSPS) is 14.2. The molecule has 0 aliphatic rings. The second kappa shape index (κ2) is 6.64. The highest BCUT2D eigenvalue weighted by Gasteiger charge is 2.18. The van der Waals surface area contributed by atoms with E-state index in [1.807, 2.05) is 7.05 Å². The summed E-state index contributed by atoms with van der Waals surface area (Å²) in [6.07, 6.45) is 1.21. The maximum absolute atomic E-state index is 5.66. The average Bonchev–Trinajstić information content (AvgIpc) is 2.71. The second-order valence-electron chi connectivity index (χ2n) is 5.95. The summed E-state index contributed by atoms with van der Waals surface area (Å²) < 4.78 is 5.66. The number of ether oxygens (including phenoxy) is 1. The molecule has 1 rings (SSSR count). The molecule has 0 aliphatic carbocycles. The molecule has 0 spiro atoms. The molecule has 0 fully saturated rings. The summed E-state index contributed by atoms with van der Waals surface area (Å²) in [6, 6.07) is 0.339. The summed E-state index contributed by atoms with van der Waals surface area (Å²) in [5.41, 5.74) is 1.32. The van der Waals surface area contributed by atoms with E-state index in [2.05, 4.69) is 45.3 Å². The van der Waals surface area contributed by atoms with Crippen molar-refractivity contribution in [1.82, 2.24) is 10.3 Å². The molecule has 0 aromatic carbocycles. The van der Waals surface area contributed by atoms with Gasteiger partial charge in [-0.15, -0.1) is 11.3 Å². The zero-order valence-corrected chi connectivity index (χ0v) is 13.2. The van der Waals surface area contributed by atoms with Crippen molar-refractivity contribution in [2.45, 2.75) is 58.6 Å². The van der Waals surface area contributed by atoms with Gasteiger partial charge in [-0.05, 0) is 20.9 Å². The molecule has 1 N–H and O–H groups in total. The van der Waals surface area contributed by atoms with Gasteiger partial charge in [-0.1, -0.05) is 20.8 Å². The Hall–Kier alpha value is -0.450. The number of rotatable bonds is 6. The lowest BCUT2D eigenvalue weighted by molar-refractivity contribution is 0.0627. The standard InChI is InChI=1S/C14H26N2OS/c1-10(2)17-8-11(15-6)7-13-16-12(9-18-13)14(3,4)5/h9-11,15H,7-8H2,1-6H3. The van der Waals surface area contributed by atoms with Crippen molar-refractivity contribution < 1.29 is 4.74 Å². The van der Waals surface area contributed by atoms with Crippen LogP contribution in [0.1, 0.15) is 45.3 Å². The van der Waals surface area contributed by atoms with Crippen molar-refractivity contribution in [2.75, 3.05) is 13.7 Å². The zero-order chi connectivity index (χ0) is 13.8. The Morgan fingerprint density at radius 2 is 2.06 bits per heavy atom. The number of likely N-dealkylation sites (N-methyl/N-ethyl adjacent to an activating group) is 1. The maximum Gasteiger partial charge on any atom is 0.0944 e. The van der Waals surface area contributed by atoms with Gasteiger partial charge in [0.25, 0.3) is 0 Å². The van der Waals surface area contributed by atoms with E-state index in [1.165, 1.54) is 10.7 Å². The van der Waals surface area contributed by atoms with Gasteiger partial charge in [-0.3, -0.25) is 0 Å². The Morgan fingerprint density at radius 1 is 1.39 bits per heavy atom. The topological polar surface area (TPSA) is 34.1 Å². The van der Waals surface area contributed by atoms with Gasteiger partial charge in [-0.2, -0.15) is 0 Å². The van der Waals surface area contributed by atoms with Gasteiger partial charge in [0.2, 0.25) is 0 Å². The van der Waals surface area contributed by atoms with Crippen LogP contribution in [-0.2, 0) is 16.6 Å². The van der Waals surface area contributed by atoms with Gasteiger partial charge in [0.1, 0.15) is 0 Å². The van der Waals surface area contributed by atoms with Crippen LogP contribution in [0.15, 0.2) is 5.38 Å². The minimum Gasteiger partial charge on any atom is -0.377 e. The molecule has 0 bridgehead atoms. The predicted octanol–water partition coefficient (Wildman–Crippen LogP) is 3.00. The third-order valence-electron chi connectivity index (χ3n) is 2.78. The SMILES string of the molecule is CNC(COC(C)C)Cc1nc(C(C)(C)C)cs1. The lowest BCUT2D eigenvalue weighted by atomic mass is 9.93. The van der Waals surface area contributed by atoms with Crippen molar-refractivity contribution in [3.63, 3.8) is 0 Å². The molecule has 3 nitrogen and oxygen atoms in total. The minimum absolute atomic E-state index is 0.137. The maximum atomic E-state index is 5.66. The third kappa shape index (κ3) is 5.04. The number of hydrogen-bond acceptors (Lipinski definition) is 4. The lowest BCUT2D eigenvalue weighted by Gasteiger charge is -2.17. The van der Waals surface area contributed by atoms with Crippen molar-refractivity contribution in [3.8, 4) is 0 Å². The van der Waals surface area contributed by atoms with E-state index in [1.54, 1.807) is 11.3 Å². The first-order valence-corrected chi connectivity index (χ1v) is 7.44. The highest BCUT2D eigenvalue weighted by Crippen LogP contribution is 2.24. The molecular formula is C14H26N2OS. The number of aromatic nitrogens is 1. The van der Waals surface area contributed by atoms with E-state index in [-0.39, 0.29) is 11.5 Å². The number of nitrogens with zero attached hydrogens (tertiary/aromatic N) is 1. The van der Waals surface area contributed by atoms with Crippen LogP contribution in [0.3, 0.4) is 0 Å². The number of nitrogens with one attached hydrogen (secondary N) is 1. The van der Waals surface area contributed by atoms with Crippen LogP contribution in [0.5, 0.6) is 0 Å². The molecule has 1 aromatic heterocycles. The van der Waals surface area contributed by atoms with E-state index < -0.39 is 0 Å². The molecule has 0 radical (unpaired) electrons. The Bertz CT molecular complexity index is 355. The summed E-state index contributed by atoms with van der Waals surface area (Å²) >= 11 is 1.75. The van der Waals surface area contributed by atoms with Crippen LogP contribution in [-0.4, -0.2) is 30.8 Å². The average molecular weight is 270 g/mol. The van der Waals surface area contributed by atoms with Gasteiger partial charge in [0.05, 0.1) is 23.4 Å². The van der Waals surface area contributed by atoms with E-state index in [4.69, 9.17) is 9.72 Å². The molecule has 0 aliphatic heterocycles. The predicted molar refractivity (Wildman–Crippen MR) is 78.5 cm³/mol. The lowest BCUT2D eigenvalue weighted by Crippen LogP contribution is -2.33. The fourth-order valence-electron chi connectivity index (χ4n) is 1.51. The van der Waals surface area contributed by atoms with E-state index >= 15 is 0 Å². The molecule has 1 aromatic rings. The number of thiazole rings is 1. The fourth-order valence-corrected chi connectivity index (χ4v) is 2.62. The summed E-state index contributed by atoms with van der Waals surface area (Å²) in [5, 5.41) is 6.65. The van der Waals surface area contributed by atoms with E-state index in [9.17, 15) is 0 Å². The van der Waals surface area contributed by atoms with E-state index in [0.29, 0.717) is 6.04 Å². The summed E-state index contributed by atoms with van der Waals surface area (Å²) in [7, 11) is 1.98. The molecule has 1 unspecified atom stereocenters.